The molecule has 1 heterocycles. The molecule has 1 aromatic rings. The van der Waals surface area contributed by atoms with Gasteiger partial charge in [-0.1, -0.05) is 25.4 Å². The van der Waals surface area contributed by atoms with E-state index >= 15 is 0 Å². The smallest absolute Gasteiger partial charge is 0.340 e. The highest BCUT2D eigenvalue weighted by atomic mass is 35.5. The Balaban J connectivity index is 2.91. The van der Waals surface area contributed by atoms with E-state index in [-0.39, 0.29) is 10.7 Å². The SMILES string of the molecule is Cc1nn(CCC(C)C)c(Cl)c1C(=O)O. The summed E-state index contributed by atoms with van der Waals surface area (Å²) in [5.74, 6) is -0.479. The Morgan fingerprint density at radius 3 is 2.60 bits per heavy atom. The fourth-order valence-electron chi connectivity index (χ4n) is 1.32. The van der Waals surface area contributed by atoms with Crippen LogP contribution in [0.4, 0.5) is 0 Å². The van der Waals surface area contributed by atoms with Crippen molar-refractivity contribution in [2.24, 2.45) is 5.92 Å². The Labute approximate surface area is 93.9 Å². The fraction of sp³-hybridized carbons (Fsp3) is 0.600. The molecule has 0 spiro atoms. The summed E-state index contributed by atoms with van der Waals surface area (Å²) in [6.45, 7) is 6.51. The van der Waals surface area contributed by atoms with Crippen LogP contribution in [0.15, 0.2) is 0 Å². The van der Waals surface area contributed by atoms with Gasteiger partial charge in [-0.3, -0.25) is 4.68 Å². The Kier molecular flexibility index (Phi) is 3.74. The molecule has 0 saturated heterocycles. The van der Waals surface area contributed by atoms with E-state index in [2.05, 4.69) is 18.9 Å². The van der Waals surface area contributed by atoms with Crippen LogP contribution in [0.1, 0.15) is 36.3 Å². The van der Waals surface area contributed by atoms with Gasteiger partial charge in [0.1, 0.15) is 10.7 Å². The highest BCUT2D eigenvalue weighted by molar-refractivity contribution is 6.32. The van der Waals surface area contributed by atoms with Crippen molar-refractivity contribution in [3.63, 3.8) is 0 Å². The molecule has 0 aromatic carbocycles. The number of nitrogens with zero attached hydrogens (tertiary/aromatic N) is 2. The summed E-state index contributed by atoms with van der Waals surface area (Å²) >= 11 is 5.93. The van der Waals surface area contributed by atoms with E-state index in [0.29, 0.717) is 18.2 Å². The van der Waals surface area contributed by atoms with Gasteiger partial charge < -0.3 is 5.11 Å². The van der Waals surface area contributed by atoms with Crippen molar-refractivity contribution in [3.05, 3.63) is 16.4 Å². The predicted molar refractivity (Wildman–Crippen MR) is 58.4 cm³/mol. The Morgan fingerprint density at radius 2 is 2.20 bits per heavy atom. The first-order valence-corrected chi connectivity index (χ1v) is 5.27. The van der Waals surface area contributed by atoms with E-state index in [1.54, 1.807) is 11.6 Å². The van der Waals surface area contributed by atoms with Crippen LogP contribution < -0.4 is 0 Å². The van der Waals surface area contributed by atoms with E-state index in [4.69, 9.17) is 16.7 Å². The zero-order valence-electron chi connectivity index (χ0n) is 9.12. The number of aromatic carboxylic acids is 1. The first kappa shape index (κ1) is 12.0. The normalized spacial score (nSPS) is 11.0. The maximum absolute atomic E-state index is 10.9. The third-order valence-corrected chi connectivity index (χ3v) is 2.58. The second kappa shape index (κ2) is 4.66. The second-order valence-corrected chi connectivity index (χ2v) is 4.32. The Bertz CT molecular complexity index is 372. The van der Waals surface area contributed by atoms with Crippen molar-refractivity contribution in [1.29, 1.82) is 0 Å². The van der Waals surface area contributed by atoms with Gasteiger partial charge in [0, 0.05) is 6.54 Å². The zero-order chi connectivity index (χ0) is 11.6. The van der Waals surface area contributed by atoms with Gasteiger partial charge in [0.2, 0.25) is 0 Å². The molecule has 0 aliphatic rings. The van der Waals surface area contributed by atoms with Crippen LogP contribution in [0.25, 0.3) is 0 Å². The van der Waals surface area contributed by atoms with Gasteiger partial charge in [-0.05, 0) is 19.3 Å². The molecule has 84 valence electrons. The average molecular weight is 231 g/mol. The molecule has 0 aliphatic carbocycles. The summed E-state index contributed by atoms with van der Waals surface area (Å²) in [7, 11) is 0. The van der Waals surface area contributed by atoms with Crippen molar-refractivity contribution in [2.45, 2.75) is 33.7 Å². The van der Waals surface area contributed by atoms with Gasteiger partial charge in [-0.2, -0.15) is 5.10 Å². The summed E-state index contributed by atoms with van der Waals surface area (Å²) < 4.78 is 1.56. The molecular formula is C10H15ClN2O2. The predicted octanol–water partition coefficient (Wildman–Crippen LogP) is 2.59. The van der Waals surface area contributed by atoms with Crippen LogP contribution in [-0.4, -0.2) is 20.9 Å². The van der Waals surface area contributed by atoms with Crippen LogP contribution >= 0.6 is 11.6 Å². The van der Waals surface area contributed by atoms with E-state index in [1.807, 2.05) is 0 Å². The molecule has 1 N–H and O–H groups in total. The minimum Gasteiger partial charge on any atom is -0.478 e. The summed E-state index contributed by atoms with van der Waals surface area (Å²) in [4.78, 5) is 10.9. The Hall–Kier alpha value is -1.03. The third kappa shape index (κ3) is 2.72. The minimum absolute atomic E-state index is 0.112. The standard InChI is InChI=1S/C10H15ClN2O2/c1-6(2)4-5-13-9(11)8(10(14)15)7(3)12-13/h6H,4-5H2,1-3H3,(H,14,15). The summed E-state index contributed by atoms with van der Waals surface area (Å²) in [5, 5.41) is 13.2. The lowest BCUT2D eigenvalue weighted by Gasteiger charge is -2.05. The molecule has 0 saturated carbocycles. The number of aromatic nitrogens is 2. The number of rotatable bonds is 4. The molecule has 1 aromatic heterocycles. The fourth-order valence-corrected chi connectivity index (χ4v) is 1.66. The minimum atomic E-state index is -1.02. The van der Waals surface area contributed by atoms with E-state index in [0.717, 1.165) is 6.42 Å². The first-order valence-electron chi connectivity index (χ1n) is 4.89. The van der Waals surface area contributed by atoms with Gasteiger partial charge in [-0.15, -0.1) is 0 Å². The van der Waals surface area contributed by atoms with Crippen LogP contribution in [0.2, 0.25) is 5.15 Å². The maximum Gasteiger partial charge on any atom is 0.340 e. The average Bonchev–Trinajstić information content (AvgIpc) is 2.37. The number of halogens is 1. The number of hydrogen-bond donors (Lipinski definition) is 1. The number of carboxylic acids is 1. The van der Waals surface area contributed by atoms with E-state index in [1.165, 1.54) is 0 Å². The lowest BCUT2D eigenvalue weighted by Crippen LogP contribution is -2.04. The van der Waals surface area contributed by atoms with Crippen molar-refractivity contribution in [1.82, 2.24) is 9.78 Å². The summed E-state index contributed by atoms with van der Waals surface area (Å²) in [6.07, 6.45) is 0.930. The molecule has 0 unspecified atom stereocenters. The number of hydrogen-bond acceptors (Lipinski definition) is 2. The molecular weight excluding hydrogens is 216 g/mol. The molecule has 5 heteroatoms. The van der Waals surface area contributed by atoms with Gasteiger partial charge >= 0.3 is 5.97 Å². The number of carboxylic acid groups (broad SMARTS) is 1. The van der Waals surface area contributed by atoms with E-state index < -0.39 is 5.97 Å². The second-order valence-electron chi connectivity index (χ2n) is 3.96. The van der Waals surface area contributed by atoms with Crippen LogP contribution in [-0.2, 0) is 6.54 Å². The topological polar surface area (TPSA) is 55.1 Å². The van der Waals surface area contributed by atoms with Crippen molar-refractivity contribution in [2.75, 3.05) is 0 Å². The molecule has 1 rings (SSSR count). The summed E-state index contributed by atoms with van der Waals surface area (Å²) in [6, 6.07) is 0. The molecule has 4 nitrogen and oxygen atoms in total. The highest BCUT2D eigenvalue weighted by Crippen LogP contribution is 2.20. The van der Waals surface area contributed by atoms with Crippen LogP contribution in [0.5, 0.6) is 0 Å². The largest absolute Gasteiger partial charge is 0.478 e. The highest BCUT2D eigenvalue weighted by Gasteiger charge is 2.19. The van der Waals surface area contributed by atoms with Crippen molar-refractivity contribution in [3.8, 4) is 0 Å². The van der Waals surface area contributed by atoms with Crippen molar-refractivity contribution >= 4 is 17.6 Å². The molecule has 0 fully saturated rings. The van der Waals surface area contributed by atoms with Crippen LogP contribution in [0, 0.1) is 12.8 Å². The molecule has 0 amide bonds. The number of carbonyl (C=O) groups is 1. The van der Waals surface area contributed by atoms with Gasteiger partial charge in [0.25, 0.3) is 0 Å². The van der Waals surface area contributed by atoms with Gasteiger partial charge in [0.15, 0.2) is 0 Å². The molecule has 0 atom stereocenters. The molecule has 15 heavy (non-hydrogen) atoms. The van der Waals surface area contributed by atoms with E-state index in [9.17, 15) is 4.79 Å². The lowest BCUT2D eigenvalue weighted by molar-refractivity contribution is 0.0696. The van der Waals surface area contributed by atoms with Crippen LogP contribution in [0.3, 0.4) is 0 Å². The molecule has 0 aliphatic heterocycles. The third-order valence-electron chi connectivity index (χ3n) is 2.20. The van der Waals surface area contributed by atoms with Gasteiger partial charge in [0.05, 0.1) is 5.69 Å². The Morgan fingerprint density at radius 1 is 1.60 bits per heavy atom. The van der Waals surface area contributed by atoms with Gasteiger partial charge in [-0.25, -0.2) is 4.79 Å². The zero-order valence-corrected chi connectivity index (χ0v) is 9.88. The number of aryl methyl sites for hydroxylation is 2. The summed E-state index contributed by atoms with van der Waals surface area (Å²) in [5.41, 5.74) is 0.580. The molecule has 0 radical (unpaired) electrons. The first-order chi connectivity index (χ1) is 6.93. The quantitative estimate of drug-likeness (QED) is 0.865. The van der Waals surface area contributed by atoms with Crippen molar-refractivity contribution < 1.29 is 9.90 Å². The monoisotopic (exact) mass is 230 g/mol. The molecule has 0 bridgehead atoms. The maximum atomic E-state index is 10.9. The lowest BCUT2D eigenvalue weighted by atomic mass is 10.1.